The van der Waals surface area contributed by atoms with Crippen molar-refractivity contribution in [3.8, 4) is 0 Å². The van der Waals surface area contributed by atoms with E-state index in [1.807, 2.05) is 13.8 Å². The fourth-order valence-corrected chi connectivity index (χ4v) is 2.34. The van der Waals surface area contributed by atoms with Crippen LogP contribution in [0, 0.1) is 18.5 Å². The van der Waals surface area contributed by atoms with Crippen molar-refractivity contribution in [1.82, 2.24) is 9.97 Å². The molecule has 0 aliphatic heterocycles. The fourth-order valence-electron chi connectivity index (χ4n) is 1.37. The zero-order chi connectivity index (χ0) is 10.8. The third-order valence-corrected chi connectivity index (χ3v) is 3.65. The average Bonchev–Trinajstić information content (AvgIpc) is 2.66. The topological polar surface area (TPSA) is 28.7 Å². The largest absolute Gasteiger partial charge is 0.347 e. The molecule has 0 radical (unpaired) electrons. The minimum atomic E-state index is 0.706. The molecule has 1 N–H and O–H groups in total. The van der Waals surface area contributed by atoms with Crippen molar-refractivity contribution in [2.45, 2.75) is 20.3 Å². The number of hydrogen-bond donors (Lipinski definition) is 1. The van der Waals surface area contributed by atoms with E-state index in [1.54, 1.807) is 11.3 Å². The molecule has 0 amide bonds. The molecule has 0 aliphatic carbocycles. The van der Waals surface area contributed by atoms with Crippen LogP contribution in [0.4, 0.5) is 0 Å². The lowest BCUT2D eigenvalue weighted by molar-refractivity contribution is 0.926. The molecule has 2 aromatic heterocycles. The highest BCUT2D eigenvalue weighted by molar-refractivity contribution is 7.71. The number of aryl methyl sites for hydroxylation is 1. The van der Waals surface area contributed by atoms with Crippen LogP contribution in [0.3, 0.4) is 0 Å². The lowest BCUT2D eigenvalue weighted by atomic mass is 10.2. The molecule has 0 atom stereocenters. The van der Waals surface area contributed by atoms with E-state index in [0.29, 0.717) is 4.64 Å². The SMILES string of the molecule is Cc1[nH]c(Cc2cccs2)nc(=S)c1C. The van der Waals surface area contributed by atoms with Crippen molar-refractivity contribution in [2.24, 2.45) is 0 Å². The van der Waals surface area contributed by atoms with Gasteiger partial charge in [0.25, 0.3) is 0 Å². The maximum atomic E-state index is 5.20. The van der Waals surface area contributed by atoms with E-state index in [9.17, 15) is 0 Å². The number of nitrogens with one attached hydrogen (secondary N) is 1. The lowest BCUT2D eigenvalue weighted by Crippen LogP contribution is -2.00. The highest BCUT2D eigenvalue weighted by atomic mass is 32.1. The van der Waals surface area contributed by atoms with Gasteiger partial charge < -0.3 is 4.98 Å². The number of thiophene rings is 1. The Morgan fingerprint density at radius 1 is 1.47 bits per heavy atom. The zero-order valence-corrected chi connectivity index (χ0v) is 10.3. The fraction of sp³-hybridized carbons (Fsp3) is 0.273. The van der Waals surface area contributed by atoms with Gasteiger partial charge in [-0.2, -0.15) is 0 Å². The van der Waals surface area contributed by atoms with Crippen LogP contribution in [-0.4, -0.2) is 9.97 Å². The van der Waals surface area contributed by atoms with Crippen LogP contribution in [-0.2, 0) is 6.42 Å². The molecule has 2 rings (SSSR count). The van der Waals surface area contributed by atoms with E-state index in [2.05, 4.69) is 27.5 Å². The molecule has 0 bridgehead atoms. The van der Waals surface area contributed by atoms with Crippen LogP contribution >= 0.6 is 23.6 Å². The van der Waals surface area contributed by atoms with Gasteiger partial charge in [0.05, 0.1) is 0 Å². The van der Waals surface area contributed by atoms with Crippen LogP contribution in [0.15, 0.2) is 17.5 Å². The summed E-state index contributed by atoms with van der Waals surface area (Å²) in [4.78, 5) is 8.96. The van der Waals surface area contributed by atoms with Gasteiger partial charge in [0, 0.05) is 22.6 Å². The molecule has 2 heterocycles. The smallest absolute Gasteiger partial charge is 0.132 e. The zero-order valence-electron chi connectivity index (χ0n) is 8.70. The first-order valence-electron chi connectivity index (χ1n) is 4.75. The maximum Gasteiger partial charge on any atom is 0.132 e. The molecule has 0 saturated heterocycles. The Hall–Kier alpha value is -1.00. The van der Waals surface area contributed by atoms with Gasteiger partial charge in [0.15, 0.2) is 0 Å². The molecule has 4 heteroatoms. The maximum absolute atomic E-state index is 5.20. The van der Waals surface area contributed by atoms with Crippen LogP contribution in [0.25, 0.3) is 0 Å². The Balaban J connectivity index is 2.34. The summed E-state index contributed by atoms with van der Waals surface area (Å²) in [5.74, 6) is 0.950. The molecule has 0 aromatic carbocycles. The molecule has 0 aliphatic rings. The summed E-state index contributed by atoms with van der Waals surface area (Å²) in [6.45, 7) is 4.03. The summed E-state index contributed by atoms with van der Waals surface area (Å²) in [6, 6.07) is 4.16. The summed E-state index contributed by atoms with van der Waals surface area (Å²) >= 11 is 6.94. The molecule has 78 valence electrons. The van der Waals surface area contributed by atoms with Gasteiger partial charge in [0.1, 0.15) is 10.5 Å². The average molecular weight is 236 g/mol. The monoisotopic (exact) mass is 236 g/mol. The van der Waals surface area contributed by atoms with Crippen molar-refractivity contribution < 1.29 is 0 Å². The van der Waals surface area contributed by atoms with Gasteiger partial charge in [0.2, 0.25) is 0 Å². The van der Waals surface area contributed by atoms with E-state index in [1.165, 1.54) is 4.88 Å². The summed E-state index contributed by atoms with van der Waals surface area (Å²) in [7, 11) is 0. The standard InChI is InChI=1S/C11H12N2S2/c1-7-8(2)12-10(13-11(7)14)6-9-4-3-5-15-9/h3-5H,6H2,1-2H3,(H,12,13,14). The second-order valence-electron chi connectivity index (χ2n) is 3.49. The van der Waals surface area contributed by atoms with Gasteiger partial charge >= 0.3 is 0 Å². The Morgan fingerprint density at radius 2 is 2.27 bits per heavy atom. The Morgan fingerprint density at radius 3 is 2.87 bits per heavy atom. The van der Waals surface area contributed by atoms with E-state index in [-0.39, 0.29) is 0 Å². The van der Waals surface area contributed by atoms with E-state index in [4.69, 9.17) is 12.2 Å². The van der Waals surface area contributed by atoms with Crippen molar-refractivity contribution in [3.05, 3.63) is 44.1 Å². The third kappa shape index (κ3) is 2.33. The Labute approximate surface area is 98.0 Å². The van der Waals surface area contributed by atoms with Crippen LogP contribution in [0.1, 0.15) is 22.0 Å². The highest BCUT2D eigenvalue weighted by Gasteiger charge is 2.02. The van der Waals surface area contributed by atoms with E-state index < -0.39 is 0 Å². The molecule has 0 fully saturated rings. The number of rotatable bonds is 2. The lowest BCUT2D eigenvalue weighted by Gasteiger charge is -2.04. The number of aromatic amines is 1. The summed E-state index contributed by atoms with van der Waals surface area (Å²) < 4.78 is 0.706. The van der Waals surface area contributed by atoms with Crippen LogP contribution < -0.4 is 0 Å². The van der Waals surface area contributed by atoms with Gasteiger partial charge in [-0.1, -0.05) is 18.3 Å². The molecular weight excluding hydrogens is 224 g/mol. The first-order valence-corrected chi connectivity index (χ1v) is 6.04. The number of aromatic nitrogens is 2. The first kappa shape index (κ1) is 10.5. The second kappa shape index (κ2) is 4.24. The summed E-state index contributed by atoms with van der Waals surface area (Å²) in [6.07, 6.45) is 0.836. The predicted molar refractivity (Wildman–Crippen MR) is 66.0 cm³/mol. The van der Waals surface area contributed by atoms with Gasteiger partial charge in [-0.05, 0) is 25.3 Å². The quantitative estimate of drug-likeness (QED) is 0.809. The molecule has 0 unspecified atom stereocenters. The van der Waals surface area contributed by atoms with Crippen molar-refractivity contribution in [1.29, 1.82) is 0 Å². The van der Waals surface area contributed by atoms with Gasteiger partial charge in [-0.15, -0.1) is 11.3 Å². The van der Waals surface area contributed by atoms with Gasteiger partial charge in [-0.25, -0.2) is 4.98 Å². The van der Waals surface area contributed by atoms with E-state index in [0.717, 1.165) is 23.5 Å². The van der Waals surface area contributed by atoms with Crippen LogP contribution in [0.2, 0.25) is 0 Å². The molecule has 2 nitrogen and oxygen atoms in total. The second-order valence-corrected chi connectivity index (χ2v) is 4.91. The molecular formula is C11H12N2S2. The Bertz CT molecular complexity index is 512. The normalized spacial score (nSPS) is 10.5. The highest BCUT2D eigenvalue weighted by Crippen LogP contribution is 2.13. The van der Waals surface area contributed by atoms with Crippen molar-refractivity contribution in [3.63, 3.8) is 0 Å². The molecule has 0 spiro atoms. The molecule has 0 saturated carbocycles. The third-order valence-electron chi connectivity index (χ3n) is 2.37. The number of hydrogen-bond acceptors (Lipinski definition) is 3. The van der Waals surface area contributed by atoms with Crippen molar-refractivity contribution >= 4 is 23.6 Å². The predicted octanol–water partition coefficient (Wildman–Crippen LogP) is 3.41. The minimum absolute atomic E-state index is 0.706. The van der Waals surface area contributed by atoms with Gasteiger partial charge in [-0.3, -0.25) is 0 Å². The molecule has 15 heavy (non-hydrogen) atoms. The van der Waals surface area contributed by atoms with Crippen LogP contribution in [0.5, 0.6) is 0 Å². The minimum Gasteiger partial charge on any atom is -0.347 e. The number of nitrogens with zero attached hydrogens (tertiary/aromatic N) is 1. The summed E-state index contributed by atoms with van der Waals surface area (Å²) in [5, 5.41) is 2.07. The summed E-state index contributed by atoms with van der Waals surface area (Å²) in [5.41, 5.74) is 2.18. The van der Waals surface area contributed by atoms with Crippen molar-refractivity contribution in [2.75, 3.05) is 0 Å². The Kier molecular flexibility index (Phi) is 2.98. The number of H-pyrrole nitrogens is 1. The molecule has 2 aromatic rings. The first-order chi connectivity index (χ1) is 7.16. The van der Waals surface area contributed by atoms with E-state index >= 15 is 0 Å².